The van der Waals surface area contributed by atoms with E-state index >= 15 is 0 Å². The van der Waals surface area contributed by atoms with Crippen molar-refractivity contribution in [3.63, 3.8) is 0 Å². The molecule has 0 bridgehead atoms. The van der Waals surface area contributed by atoms with E-state index in [1.807, 2.05) is 0 Å². The van der Waals surface area contributed by atoms with Gasteiger partial charge in [-0.25, -0.2) is 13.8 Å². The van der Waals surface area contributed by atoms with Gasteiger partial charge in [0.05, 0.1) is 18.7 Å². The predicted octanol–water partition coefficient (Wildman–Crippen LogP) is 2.09. The Bertz CT molecular complexity index is 328. The zero-order valence-electron chi connectivity index (χ0n) is 8.14. The van der Waals surface area contributed by atoms with Crippen LogP contribution in [0.5, 0.6) is 0 Å². The number of aliphatic imine (C=N–C) groups is 1. The first kappa shape index (κ1) is 10.7. The van der Waals surface area contributed by atoms with Crippen molar-refractivity contribution < 1.29 is 13.5 Å². The summed E-state index contributed by atoms with van der Waals surface area (Å²) in [4.78, 5) is 3.93. The van der Waals surface area contributed by atoms with Crippen LogP contribution in [0, 0.1) is 5.92 Å². The molecule has 6 heteroatoms. The standard InChI is InChI=1S/C9H11ClF2N2O/c1-8(10)13-3-7(4-14-8)15-5-6-2-9(6,11)12/h3-4,6,13H,2,5H2,1H3. The van der Waals surface area contributed by atoms with Crippen LogP contribution in [0.3, 0.4) is 0 Å². The molecule has 84 valence electrons. The largest absolute Gasteiger partial charge is 0.490 e. The molecule has 2 aliphatic rings. The van der Waals surface area contributed by atoms with Gasteiger partial charge in [0.15, 0.2) is 5.76 Å². The molecule has 1 aliphatic heterocycles. The molecule has 1 aliphatic carbocycles. The molecule has 0 radical (unpaired) electrons. The first-order valence-electron chi connectivity index (χ1n) is 4.62. The second-order valence-corrected chi connectivity index (χ2v) is 4.61. The number of ether oxygens (including phenoxy) is 1. The molecule has 2 unspecified atom stereocenters. The molecular formula is C9H11ClF2N2O. The number of halogens is 3. The van der Waals surface area contributed by atoms with E-state index in [9.17, 15) is 8.78 Å². The Hall–Kier alpha value is -0.840. The van der Waals surface area contributed by atoms with Crippen LogP contribution in [0.15, 0.2) is 17.0 Å². The number of hydrogen-bond acceptors (Lipinski definition) is 3. The third kappa shape index (κ3) is 2.59. The summed E-state index contributed by atoms with van der Waals surface area (Å²) in [6.07, 6.45) is 2.88. The quantitative estimate of drug-likeness (QED) is 0.601. The lowest BCUT2D eigenvalue weighted by Crippen LogP contribution is -2.33. The second kappa shape index (κ2) is 3.33. The van der Waals surface area contributed by atoms with Gasteiger partial charge in [0.1, 0.15) is 0 Å². The van der Waals surface area contributed by atoms with Gasteiger partial charge in [-0.15, -0.1) is 0 Å². The molecule has 15 heavy (non-hydrogen) atoms. The summed E-state index contributed by atoms with van der Waals surface area (Å²) in [5.74, 6) is -2.77. The number of nitrogens with one attached hydrogen (secondary N) is 1. The maximum atomic E-state index is 12.5. The van der Waals surface area contributed by atoms with Crippen LogP contribution >= 0.6 is 11.6 Å². The summed E-state index contributed by atoms with van der Waals surface area (Å²) >= 11 is 5.83. The van der Waals surface area contributed by atoms with Crippen LogP contribution in [0.2, 0.25) is 0 Å². The van der Waals surface area contributed by atoms with Gasteiger partial charge in [0.2, 0.25) is 5.12 Å². The van der Waals surface area contributed by atoms with Gasteiger partial charge in [-0.3, -0.25) is 0 Å². The molecule has 0 aromatic carbocycles. The van der Waals surface area contributed by atoms with E-state index in [2.05, 4.69) is 10.3 Å². The van der Waals surface area contributed by atoms with Crippen LogP contribution in [0.25, 0.3) is 0 Å². The highest BCUT2D eigenvalue weighted by molar-refractivity contribution is 6.23. The fraction of sp³-hybridized carbons (Fsp3) is 0.667. The Morgan fingerprint density at radius 3 is 2.87 bits per heavy atom. The molecule has 2 rings (SSSR count). The van der Waals surface area contributed by atoms with Gasteiger partial charge in [0.25, 0.3) is 5.92 Å². The van der Waals surface area contributed by atoms with Crippen molar-refractivity contribution in [1.29, 1.82) is 0 Å². The Kier molecular flexibility index (Phi) is 2.37. The lowest BCUT2D eigenvalue weighted by molar-refractivity contribution is 0.0760. The number of rotatable bonds is 3. The van der Waals surface area contributed by atoms with Gasteiger partial charge < -0.3 is 10.1 Å². The average Bonchev–Trinajstić information content (AvgIpc) is 2.72. The van der Waals surface area contributed by atoms with E-state index < -0.39 is 17.0 Å². The molecule has 0 saturated heterocycles. The molecule has 0 aromatic rings. The highest BCUT2D eigenvalue weighted by Gasteiger charge is 2.57. The summed E-state index contributed by atoms with van der Waals surface area (Å²) in [6, 6.07) is 0. The third-order valence-electron chi connectivity index (χ3n) is 2.32. The monoisotopic (exact) mass is 236 g/mol. The number of allylic oxidation sites excluding steroid dienone is 1. The first-order chi connectivity index (χ1) is 6.89. The summed E-state index contributed by atoms with van der Waals surface area (Å²) < 4.78 is 30.2. The fourth-order valence-electron chi connectivity index (χ4n) is 1.19. The smallest absolute Gasteiger partial charge is 0.255 e. The van der Waals surface area contributed by atoms with Gasteiger partial charge in [-0.1, -0.05) is 11.6 Å². The lowest BCUT2D eigenvalue weighted by Gasteiger charge is -2.21. The fourth-order valence-corrected chi connectivity index (χ4v) is 1.29. The van der Waals surface area contributed by atoms with Crippen molar-refractivity contribution in [2.24, 2.45) is 10.9 Å². The SMILES string of the molecule is CC1(Cl)N=CC(OCC2CC2(F)F)=CN1. The molecule has 0 spiro atoms. The third-order valence-corrected chi connectivity index (χ3v) is 2.53. The minimum Gasteiger partial charge on any atom is -0.490 e. The molecule has 3 nitrogen and oxygen atoms in total. The van der Waals surface area contributed by atoms with Crippen molar-refractivity contribution in [3.05, 3.63) is 12.0 Å². The van der Waals surface area contributed by atoms with Crippen LogP contribution in [-0.2, 0) is 4.74 Å². The lowest BCUT2D eigenvalue weighted by atomic mass is 10.4. The van der Waals surface area contributed by atoms with E-state index in [0.29, 0.717) is 5.76 Å². The van der Waals surface area contributed by atoms with Crippen molar-refractivity contribution in [2.45, 2.75) is 24.4 Å². The predicted molar refractivity (Wildman–Crippen MR) is 53.0 cm³/mol. The minimum atomic E-state index is -2.54. The molecule has 1 fully saturated rings. The van der Waals surface area contributed by atoms with E-state index in [1.165, 1.54) is 12.4 Å². The van der Waals surface area contributed by atoms with Crippen LogP contribution in [0.1, 0.15) is 13.3 Å². The van der Waals surface area contributed by atoms with Gasteiger partial charge >= 0.3 is 0 Å². The first-order valence-corrected chi connectivity index (χ1v) is 4.99. The molecule has 2 atom stereocenters. The van der Waals surface area contributed by atoms with Crippen molar-refractivity contribution in [1.82, 2.24) is 5.32 Å². The van der Waals surface area contributed by atoms with Crippen LogP contribution in [-0.4, -0.2) is 23.9 Å². The Morgan fingerprint density at radius 2 is 2.40 bits per heavy atom. The van der Waals surface area contributed by atoms with Crippen molar-refractivity contribution >= 4 is 17.8 Å². The van der Waals surface area contributed by atoms with E-state index in [1.54, 1.807) is 6.92 Å². The number of hydrogen-bond donors (Lipinski definition) is 1. The second-order valence-electron chi connectivity index (χ2n) is 3.88. The van der Waals surface area contributed by atoms with Gasteiger partial charge in [-0.05, 0) is 6.92 Å². The number of nitrogens with zero attached hydrogens (tertiary/aromatic N) is 1. The van der Waals surface area contributed by atoms with Crippen molar-refractivity contribution in [2.75, 3.05) is 6.61 Å². The molecule has 0 aromatic heterocycles. The summed E-state index contributed by atoms with van der Waals surface area (Å²) in [6.45, 7) is 1.69. The number of alkyl halides is 3. The molecule has 1 heterocycles. The molecule has 1 saturated carbocycles. The van der Waals surface area contributed by atoms with Gasteiger partial charge in [-0.2, -0.15) is 0 Å². The minimum absolute atomic E-state index is 0.0194. The van der Waals surface area contributed by atoms with E-state index in [-0.39, 0.29) is 13.0 Å². The molecule has 1 N–H and O–H groups in total. The Morgan fingerprint density at radius 1 is 1.73 bits per heavy atom. The van der Waals surface area contributed by atoms with E-state index in [4.69, 9.17) is 16.3 Å². The summed E-state index contributed by atoms with van der Waals surface area (Å²) in [5.41, 5.74) is 0. The Labute approximate surface area is 91.2 Å². The molecular weight excluding hydrogens is 226 g/mol. The zero-order chi connectivity index (χ0) is 11.1. The highest BCUT2D eigenvalue weighted by atomic mass is 35.5. The van der Waals surface area contributed by atoms with Crippen LogP contribution in [0.4, 0.5) is 8.78 Å². The zero-order valence-corrected chi connectivity index (χ0v) is 8.89. The normalized spacial score (nSPS) is 36.8. The maximum Gasteiger partial charge on any atom is 0.255 e. The maximum absolute atomic E-state index is 12.5. The topological polar surface area (TPSA) is 33.6 Å². The highest BCUT2D eigenvalue weighted by Crippen LogP contribution is 2.48. The summed E-state index contributed by atoms with van der Waals surface area (Å²) in [7, 11) is 0. The van der Waals surface area contributed by atoms with Crippen molar-refractivity contribution in [3.8, 4) is 0 Å². The van der Waals surface area contributed by atoms with Gasteiger partial charge in [0, 0.05) is 12.6 Å². The van der Waals surface area contributed by atoms with Crippen LogP contribution < -0.4 is 5.32 Å². The Balaban J connectivity index is 1.78. The molecule has 0 amide bonds. The van der Waals surface area contributed by atoms with E-state index in [0.717, 1.165) is 0 Å². The average molecular weight is 237 g/mol. The summed E-state index contributed by atoms with van der Waals surface area (Å²) in [5, 5.41) is 1.90.